The van der Waals surface area contributed by atoms with Gasteiger partial charge in [-0.15, -0.1) is 0 Å². The summed E-state index contributed by atoms with van der Waals surface area (Å²) in [4.78, 5) is 6.00. The van der Waals surface area contributed by atoms with Gasteiger partial charge in [0.05, 0.1) is 17.8 Å². The van der Waals surface area contributed by atoms with Gasteiger partial charge in [0.2, 0.25) is 0 Å². The number of guanidine groups is 1. The van der Waals surface area contributed by atoms with Gasteiger partial charge in [0.1, 0.15) is 5.82 Å². The van der Waals surface area contributed by atoms with Crippen LogP contribution in [0.15, 0.2) is 29.3 Å². The lowest BCUT2D eigenvalue weighted by Crippen LogP contribution is -2.50. The lowest BCUT2D eigenvalue weighted by Gasteiger charge is -2.36. The Bertz CT molecular complexity index is 463. The van der Waals surface area contributed by atoms with E-state index in [1.54, 1.807) is 30.2 Å². The second-order valence-electron chi connectivity index (χ2n) is 4.70. The molecule has 0 saturated heterocycles. The van der Waals surface area contributed by atoms with Crippen molar-refractivity contribution < 1.29 is 9.13 Å². The van der Waals surface area contributed by atoms with E-state index in [9.17, 15) is 4.39 Å². The average Bonchev–Trinajstić information content (AvgIpc) is 2.65. The van der Waals surface area contributed by atoms with Crippen molar-refractivity contribution >= 4 is 11.6 Å². The van der Waals surface area contributed by atoms with Gasteiger partial charge in [0.15, 0.2) is 5.96 Å². The van der Waals surface area contributed by atoms with Crippen molar-refractivity contribution in [3.63, 3.8) is 0 Å². The Balaban J connectivity index is 2.33. The van der Waals surface area contributed by atoms with Crippen molar-refractivity contribution in [2.45, 2.75) is 18.9 Å². The van der Waals surface area contributed by atoms with E-state index in [1.165, 1.54) is 6.07 Å². The van der Waals surface area contributed by atoms with Crippen LogP contribution in [0, 0.1) is 5.82 Å². The minimum Gasteiger partial charge on any atom is -0.385 e. The molecule has 1 aromatic rings. The fourth-order valence-electron chi connectivity index (χ4n) is 2.23. The predicted octanol–water partition coefficient (Wildman–Crippen LogP) is 1.76. The Morgan fingerprint density at radius 1 is 1.50 bits per heavy atom. The van der Waals surface area contributed by atoms with Crippen LogP contribution in [-0.4, -0.2) is 31.8 Å². The van der Waals surface area contributed by atoms with E-state index in [1.807, 2.05) is 6.92 Å². The van der Waals surface area contributed by atoms with E-state index < -0.39 is 0 Å². The fraction of sp³-hybridized carbons (Fsp3) is 0.462. The Labute approximate surface area is 106 Å². The van der Waals surface area contributed by atoms with Crippen LogP contribution >= 0.6 is 0 Å². The van der Waals surface area contributed by atoms with E-state index in [4.69, 9.17) is 10.5 Å². The second-order valence-corrected chi connectivity index (χ2v) is 4.70. The highest BCUT2D eigenvalue weighted by molar-refractivity contribution is 5.98. The van der Waals surface area contributed by atoms with E-state index in [0.29, 0.717) is 24.8 Å². The van der Waals surface area contributed by atoms with Gasteiger partial charge in [-0.25, -0.2) is 4.39 Å². The first-order chi connectivity index (χ1) is 8.58. The van der Waals surface area contributed by atoms with Crippen LogP contribution in [0.1, 0.15) is 13.3 Å². The predicted molar refractivity (Wildman–Crippen MR) is 70.3 cm³/mol. The summed E-state index contributed by atoms with van der Waals surface area (Å²) in [7, 11) is 1.65. The summed E-state index contributed by atoms with van der Waals surface area (Å²) in [6, 6.07) is 6.60. The quantitative estimate of drug-likeness (QED) is 0.887. The van der Waals surface area contributed by atoms with Crippen LogP contribution in [0.3, 0.4) is 0 Å². The summed E-state index contributed by atoms with van der Waals surface area (Å²) in [6.07, 6.45) is 0.738. The maximum atomic E-state index is 13.9. The third kappa shape index (κ3) is 2.18. The zero-order valence-electron chi connectivity index (χ0n) is 10.7. The molecule has 1 aliphatic rings. The van der Waals surface area contributed by atoms with Crippen LogP contribution in [0.5, 0.6) is 0 Å². The normalized spacial score (nSPS) is 23.3. The number of benzene rings is 1. The zero-order chi connectivity index (χ0) is 13.2. The molecule has 0 bridgehead atoms. The molecule has 0 aliphatic carbocycles. The van der Waals surface area contributed by atoms with Crippen LogP contribution < -0.4 is 10.6 Å². The summed E-state index contributed by atoms with van der Waals surface area (Å²) in [5.41, 5.74) is 6.03. The molecular weight excluding hydrogens is 233 g/mol. The molecule has 2 rings (SSSR count). The number of hydrogen-bond donors (Lipinski definition) is 1. The molecule has 5 heteroatoms. The molecule has 1 atom stereocenters. The highest BCUT2D eigenvalue weighted by atomic mass is 19.1. The number of halogens is 1. The summed E-state index contributed by atoms with van der Waals surface area (Å²) in [6.45, 7) is 3.16. The molecule has 98 valence electrons. The average molecular weight is 251 g/mol. The van der Waals surface area contributed by atoms with Gasteiger partial charge in [-0.2, -0.15) is 0 Å². The first-order valence-electron chi connectivity index (χ1n) is 5.92. The van der Waals surface area contributed by atoms with Crippen LogP contribution in [0.4, 0.5) is 10.1 Å². The van der Waals surface area contributed by atoms with Gasteiger partial charge < -0.3 is 15.4 Å². The van der Waals surface area contributed by atoms with Gasteiger partial charge in [-0.05, 0) is 25.5 Å². The largest absolute Gasteiger partial charge is 0.385 e. The second kappa shape index (κ2) is 4.94. The SMILES string of the molecule is COCCC1(C)CN=C(N)N1c1ccccc1F. The minimum atomic E-state index is -0.331. The van der Waals surface area contributed by atoms with Crippen molar-refractivity contribution in [3.05, 3.63) is 30.1 Å². The number of nitrogens with two attached hydrogens (primary N) is 1. The number of rotatable bonds is 4. The van der Waals surface area contributed by atoms with Crippen molar-refractivity contribution in [1.29, 1.82) is 0 Å². The number of methoxy groups -OCH3 is 1. The Hall–Kier alpha value is -1.62. The molecule has 0 radical (unpaired) electrons. The molecule has 0 fully saturated rings. The minimum absolute atomic E-state index is 0.291. The highest BCUT2D eigenvalue weighted by Crippen LogP contribution is 2.32. The van der Waals surface area contributed by atoms with Gasteiger partial charge in [0, 0.05) is 13.7 Å². The molecule has 2 N–H and O–H groups in total. The molecular formula is C13H18FN3O. The first-order valence-corrected chi connectivity index (χ1v) is 5.92. The molecule has 1 aromatic carbocycles. The van der Waals surface area contributed by atoms with E-state index in [0.717, 1.165) is 6.42 Å². The molecule has 1 heterocycles. The van der Waals surface area contributed by atoms with E-state index >= 15 is 0 Å². The maximum absolute atomic E-state index is 13.9. The maximum Gasteiger partial charge on any atom is 0.196 e. The molecule has 18 heavy (non-hydrogen) atoms. The third-order valence-electron chi connectivity index (χ3n) is 3.29. The number of aliphatic imine (C=N–C) groups is 1. The number of hydrogen-bond acceptors (Lipinski definition) is 4. The number of ether oxygens (including phenoxy) is 1. The van der Waals surface area contributed by atoms with E-state index in [-0.39, 0.29) is 11.4 Å². The van der Waals surface area contributed by atoms with Crippen LogP contribution in [0.2, 0.25) is 0 Å². The van der Waals surface area contributed by atoms with Gasteiger partial charge in [0.25, 0.3) is 0 Å². The molecule has 4 nitrogen and oxygen atoms in total. The molecule has 0 aromatic heterocycles. The molecule has 1 unspecified atom stereocenters. The van der Waals surface area contributed by atoms with Crippen LogP contribution in [-0.2, 0) is 4.74 Å². The summed E-state index contributed by atoms with van der Waals surface area (Å²) < 4.78 is 19.0. The van der Waals surface area contributed by atoms with Gasteiger partial charge >= 0.3 is 0 Å². The van der Waals surface area contributed by atoms with Gasteiger partial charge in [-0.3, -0.25) is 4.99 Å². The number of para-hydroxylation sites is 1. The molecule has 0 saturated carbocycles. The number of nitrogens with zero attached hydrogens (tertiary/aromatic N) is 2. The van der Waals surface area contributed by atoms with E-state index in [2.05, 4.69) is 4.99 Å². The zero-order valence-corrected chi connectivity index (χ0v) is 10.7. The summed E-state index contributed by atoms with van der Waals surface area (Å²) in [5, 5.41) is 0. The third-order valence-corrected chi connectivity index (χ3v) is 3.29. The van der Waals surface area contributed by atoms with Gasteiger partial charge in [-0.1, -0.05) is 12.1 Å². The Morgan fingerprint density at radius 3 is 2.89 bits per heavy atom. The number of anilines is 1. The standard InChI is InChI=1S/C13H18FN3O/c1-13(7-8-18-2)9-16-12(15)17(13)11-6-4-3-5-10(11)14/h3-6H,7-9H2,1-2H3,(H2,15,16). The fourth-order valence-corrected chi connectivity index (χ4v) is 2.23. The Kier molecular flexibility index (Phi) is 3.52. The van der Waals surface area contributed by atoms with Crippen LogP contribution in [0.25, 0.3) is 0 Å². The smallest absolute Gasteiger partial charge is 0.196 e. The molecule has 0 spiro atoms. The highest BCUT2D eigenvalue weighted by Gasteiger charge is 2.39. The lowest BCUT2D eigenvalue weighted by molar-refractivity contribution is 0.175. The van der Waals surface area contributed by atoms with Crippen molar-refractivity contribution in [3.8, 4) is 0 Å². The topological polar surface area (TPSA) is 50.9 Å². The lowest BCUT2D eigenvalue weighted by atomic mass is 9.96. The first kappa shape index (κ1) is 12.8. The van der Waals surface area contributed by atoms with Crippen molar-refractivity contribution in [1.82, 2.24) is 0 Å². The summed E-state index contributed by atoms with van der Waals surface area (Å²) in [5.74, 6) is 0.0693. The summed E-state index contributed by atoms with van der Waals surface area (Å²) >= 11 is 0. The molecule has 1 aliphatic heterocycles. The Morgan fingerprint density at radius 2 is 2.22 bits per heavy atom. The monoisotopic (exact) mass is 251 g/mol. The van der Waals surface area contributed by atoms with Crippen molar-refractivity contribution in [2.75, 3.05) is 25.2 Å². The van der Waals surface area contributed by atoms with Crippen molar-refractivity contribution in [2.24, 2.45) is 10.7 Å². The molecule has 0 amide bonds.